The first kappa shape index (κ1) is 10.2. The molecule has 72 valence electrons. The van der Waals surface area contributed by atoms with E-state index in [0.717, 1.165) is 0 Å². The van der Waals surface area contributed by atoms with Crippen molar-refractivity contribution in [1.29, 1.82) is 5.26 Å². The fourth-order valence-corrected chi connectivity index (χ4v) is 1.09. The first-order chi connectivity index (χ1) is 5.89. The Morgan fingerprint density at radius 1 is 1.15 bits per heavy atom. The molecule has 0 radical (unpaired) electrons. The third-order valence-electron chi connectivity index (χ3n) is 2.60. The first-order valence-electron chi connectivity index (χ1n) is 4.31. The van der Waals surface area contributed by atoms with Gasteiger partial charge in [-0.1, -0.05) is 0 Å². The Bertz CT molecular complexity index is 245. The minimum Gasteiger partial charge on any atom is -0.340 e. The minimum atomic E-state index is -0.398. The smallest absolute Gasteiger partial charge is 0.179 e. The Morgan fingerprint density at radius 3 is 2.00 bits per heavy atom. The molecule has 0 saturated carbocycles. The van der Waals surface area contributed by atoms with Gasteiger partial charge in [-0.15, -0.1) is 0 Å². The van der Waals surface area contributed by atoms with Gasteiger partial charge in [0, 0.05) is 6.08 Å². The monoisotopic (exact) mass is 181 g/mol. The van der Waals surface area contributed by atoms with E-state index in [1.54, 1.807) is 6.08 Å². The van der Waals surface area contributed by atoms with E-state index in [4.69, 9.17) is 14.7 Å². The summed E-state index contributed by atoms with van der Waals surface area (Å²) in [5, 5.41) is 8.34. The summed E-state index contributed by atoms with van der Waals surface area (Å²) >= 11 is 0. The molecule has 3 nitrogen and oxygen atoms in total. The number of ether oxygens (including phenoxy) is 2. The second-order valence-corrected chi connectivity index (χ2v) is 4.11. The summed E-state index contributed by atoms with van der Waals surface area (Å²) in [7, 11) is 0. The van der Waals surface area contributed by atoms with Crippen LogP contribution in [-0.2, 0) is 9.47 Å². The molecule has 0 N–H and O–H groups in total. The maximum Gasteiger partial charge on any atom is 0.179 e. The van der Waals surface area contributed by atoms with Crippen LogP contribution in [0, 0.1) is 11.3 Å². The lowest BCUT2D eigenvalue weighted by Crippen LogP contribution is -2.41. The summed E-state index contributed by atoms with van der Waals surface area (Å²) in [6.07, 6.45) is 2.60. The number of hydrogen-bond acceptors (Lipinski definition) is 3. The lowest BCUT2D eigenvalue weighted by atomic mass is 9.90. The molecule has 0 atom stereocenters. The summed E-state index contributed by atoms with van der Waals surface area (Å²) < 4.78 is 11.2. The van der Waals surface area contributed by atoms with Crippen molar-refractivity contribution in [3.05, 3.63) is 12.2 Å². The normalized spacial score (nSPS) is 26.4. The average molecular weight is 181 g/mol. The van der Waals surface area contributed by atoms with Gasteiger partial charge in [0.1, 0.15) is 0 Å². The van der Waals surface area contributed by atoms with Crippen LogP contribution in [-0.4, -0.2) is 17.5 Å². The minimum absolute atomic E-state index is 0.322. The molecule has 1 fully saturated rings. The van der Waals surface area contributed by atoms with Crippen molar-refractivity contribution in [3.63, 3.8) is 0 Å². The molecule has 0 amide bonds. The predicted octanol–water partition coefficient (Wildman–Crippen LogP) is 2.00. The zero-order chi connectivity index (χ0) is 10.1. The largest absolute Gasteiger partial charge is 0.340 e. The van der Waals surface area contributed by atoms with Gasteiger partial charge in [0.25, 0.3) is 0 Å². The van der Waals surface area contributed by atoms with Gasteiger partial charge in [0.05, 0.1) is 17.3 Å². The van der Waals surface area contributed by atoms with E-state index in [2.05, 4.69) is 0 Å². The fraction of sp³-hybridized carbons (Fsp3) is 0.700. The van der Waals surface area contributed by atoms with Gasteiger partial charge < -0.3 is 9.47 Å². The number of rotatable bonds is 1. The Balaban J connectivity index is 2.72. The van der Waals surface area contributed by atoms with Crippen LogP contribution >= 0.6 is 0 Å². The molecule has 0 aliphatic carbocycles. The van der Waals surface area contributed by atoms with E-state index in [1.807, 2.05) is 33.8 Å². The van der Waals surface area contributed by atoms with Crippen molar-refractivity contribution in [2.24, 2.45) is 0 Å². The number of nitrogens with zero attached hydrogens (tertiary/aromatic N) is 1. The van der Waals surface area contributed by atoms with Gasteiger partial charge in [-0.2, -0.15) is 5.26 Å². The van der Waals surface area contributed by atoms with E-state index < -0.39 is 6.29 Å². The van der Waals surface area contributed by atoms with Crippen LogP contribution in [0.25, 0.3) is 0 Å². The van der Waals surface area contributed by atoms with Crippen molar-refractivity contribution in [1.82, 2.24) is 0 Å². The Morgan fingerprint density at radius 2 is 1.62 bits per heavy atom. The van der Waals surface area contributed by atoms with Gasteiger partial charge in [0.2, 0.25) is 0 Å². The molecular formula is C10H15NO2. The summed E-state index contributed by atoms with van der Waals surface area (Å²) in [6, 6.07) is 1.91. The van der Waals surface area contributed by atoms with Crippen molar-refractivity contribution in [2.45, 2.75) is 45.2 Å². The van der Waals surface area contributed by atoms with Crippen LogP contribution in [0.3, 0.4) is 0 Å². The van der Waals surface area contributed by atoms with E-state index >= 15 is 0 Å². The highest BCUT2D eigenvalue weighted by Gasteiger charge is 2.48. The van der Waals surface area contributed by atoms with Crippen molar-refractivity contribution in [3.8, 4) is 6.07 Å². The van der Waals surface area contributed by atoms with E-state index in [-0.39, 0.29) is 11.2 Å². The molecule has 0 aromatic carbocycles. The van der Waals surface area contributed by atoms with Crippen molar-refractivity contribution < 1.29 is 9.47 Å². The first-order valence-corrected chi connectivity index (χ1v) is 4.31. The summed E-state index contributed by atoms with van der Waals surface area (Å²) in [4.78, 5) is 0. The molecule has 0 aromatic heterocycles. The maximum absolute atomic E-state index is 8.34. The predicted molar refractivity (Wildman–Crippen MR) is 48.9 cm³/mol. The zero-order valence-electron chi connectivity index (χ0n) is 8.50. The van der Waals surface area contributed by atoms with Crippen LogP contribution in [0.2, 0.25) is 0 Å². The lowest BCUT2D eigenvalue weighted by Gasteiger charge is -2.30. The molecule has 0 aromatic rings. The SMILES string of the molecule is CC1(C)OC(C=CC#N)OC1(C)C. The molecule has 1 heterocycles. The van der Waals surface area contributed by atoms with Gasteiger partial charge in [0.15, 0.2) is 6.29 Å². The summed E-state index contributed by atoms with van der Waals surface area (Å²) in [6.45, 7) is 7.92. The molecule has 1 saturated heterocycles. The fourth-order valence-electron chi connectivity index (χ4n) is 1.09. The highest BCUT2D eigenvalue weighted by Crippen LogP contribution is 2.38. The second kappa shape index (κ2) is 3.13. The molecule has 0 unspecified atom stereocenters. The highest BCUT2D eigenvalue weighted by atomic mass is 16.7. The van der Waals surface area contributed by atoms with Crippen LogP contribution in [0.1, 0.15) is 27.7 Å². The van der Waals surface area contributed by atoms with Gasteiger partial charge in [-0.25, -0.2) is 0 Å². The van der Waals surface area contributed by atoms with E-state index in [0.29, 0.717) is 0 Å². The quantitative estimate of drug-likeness (QED) is 0.581. The average Bonchev–Trinajstić information content (AvgIpc) is 2.17. The van der Waals surface area contributed by atoms with Crippen molar-refractivity contribution >= 4 is 0 Å². The molecule has 0 bridgehead atoms. The van der Waals surface area contributed by atoms with E-state index in [9.17, 15) is 0 Å². The standard InChI is InChI=1S/C10H15NO2/c1-9(2)10(3,4)13-8(12-9)6-5-7-11/h5-6,8H,1-4H3. The second-order valence-electron chi connectivity index (χ2n) is 4.11. The molecule has 3 heteroatoms. The number of nitriles is 1. The van der Waals surface area contributed by atoms with Gasteiger partial charge >= 0.3 is 0 Å². The molecule has 1 rings (SSSR count). The Labute approximate surface area is 78.9 Å². The molecular weight excluding hydrogens is 166 g/mol. The summed E-state index contributed by atoms with van der Waals surface area (Å²) in [5.41, 5.74) is -0.644. The number of allylic oxidation sites excluding steroid dienone is 1. The Hall–Kier alpha value is -0.850. The van der Waals surface area contributed by atoms with Crippen LogP contribution in [0.15, 0.2) is 12.2 Å². The topological polar surface area (TPSA) is 42.2 Å². The van der Waals surface area contributed by atoms with Crippen molar-refractivity contribution in [2.75, 3.05) is 0 Å². The summed E-state index contributed by atoms with van der Waals surface area (Å²) in [5.74, 6) is 0. The molecule has 13 heavy (non-hydrogen) atoms. The van der Waals surface area contributed by atoms with Crippen LogP contribution in [0.4, 0.5) is 0 Å². The van der Waals surface area contributed by atoms with Crippen LogP contribution in [0.5, 0.6) is 0 Å². The lowest BCUT2D eigenvalue weighted by molar-refractivity contribution is -0.0505. The van der Waals surface area contributed by atoms with Crippen LogP contribution < -0.4 is 0 Å². The van der Waals surface area contributed by atoms with E-state index in [1.165, 1.54) is 6.08 Å². The number of hydrogen-bond donors (Lipinski definition) is 0. The maximum atomic E-state index is 8.34. The van der Waals surface area contributed by atoms with Gasteiger partial charge in [-0.3, -0.25) is 0 Å². The highest BCUT2D eigenvalue weighted by molar-refractivity contribution is 5.06. The molecule has 1 aliphatic heterocycles. The Kier molecular flexibility index (Phi) is 2.47. The molecule has 1 aliphatic rings. The van der Waals surface area contributed by atoms with Gasteiger partial charge in [-0.05, 0) is 33.8 Å². The third-order valence-corrected chi connectivity index (χ3v) is 2.60. The molecule has 0 spiro atoms. The zero-order valence-corrected chi connectivity index (χ0v) is 8.50. The third kappa shape index (κ3) is 1.90.